The number of hydrogen-bond acceptors (Lipinski definition) is 4. The largest absolute Gasteiger partial charge is 0.341 e. The Morgan fingerprint density at radius 3 is 2.62 bits per heavy atom. The fraction of sp³-hybridized carbons (Fsp3) is 0.190. The Hall–Kier alpha value is -3.19. The quantitative estimate of drug-likeness (QED) is 0.669. The molecular formula is C21H20ClFN4O2. The van der Waals surface area contributed by atoms with Gasteiger partial charge >= 0.3 is 0 Å². The molecule has 29 heavy (non-hydrogen) atoms. The van der Waals surface area contributed by atoms with Crippen LogP contribution in [0.4, 0.5) is 16.0 Å². The van der Waals surface area contributed by atoms with E-state index in [4.69, 9.17) is 11.6 Å². The Labute approximate surface area is 172 Å². The predicted molar refractivity (Wildman–Crippen MR) is 112 cm³/mol. The van der Waals surface area contributed by atoms with Crippen molar-refractivity contribution in [1.82, 2.24) is 9.55 Å². The maximum atomic E-state index is 13.3. The number of aromatic nitrogens is 2. The summed E-state index contributed by atoms with van der Waals surface area (Å²) in [6, 6.07) is 15.0. The number of hydrogen-bond donors (Lipinski definition) is 1. The van der Waals surface area contributed by atoms with Crippen LogP contribution in [0.3, 0.4) is 0 Å². The first-order valence-electron chi connectivity index (χ1n) is 8.92. The molecule has 8 heteroatoms. The van der Waals surface area contributed by atoms with Crippen LogP contribution in [0, 0.1) is 12.7 Å². The van der Waals surface area contributed by atoms with Crippen molar-refractivity contribution in [2.24, 2.45) is 0 Å². The Kier molecular flexibility index (Phi) is 6.29. The van der Waals surface area contributed by atoms with E-state index < -0.39 is 11.7 Å². The van der Waals surface area contributed by atoms with Crippen LogP contribution >= 0.6 is 11.6 Å². The number of nitrogens with zero attached hydrogens (tertiary/aromatic N) is 3. The molecule has 1 heterocycles. The molecule has 0 spiro atoms. The van der Waals surface area contributed by atoms with E-state index in [1.165, 1.54) is 22.8 Å². The number of amides is 1. The predicted octanol–water partition coefficient (Wildman–Crippen LogP) is 3.62. The number of anilines is 2. The molecule has 2 aromatic carbocycles. The monoisotopic (exact) mass is 414 g/mol. The van der Waals surface area contributed by atoms with Crippen molar-refractivity contribution < 1.29 is 9.18 Å². The highest BCUT2D eigenvalue weighted by Crippen LogP contribution is 2.19. The number of nitrogens with one attached hydrogen (secondary N) is 1. The fourth-order valence-electron chi connectivity index (χ4n) is 2.89. The van der Waals surface area contributed by atoms with Gasteiger partial charge in [0.1, 0.15) is 12.4 Å². The highest BCUT2D eigenvalue weighted by atomic mass is 35.5. The number of aryl methyl sites for hydroxylation is 1. The summed E-state index contributed by atoms with van der Waals surface area (Å²) in [6.45, 7) is 2.01. The van der Waals surface area contributed by atoms with Gasteiger partial charge in [0.15, 0.2) is 0 Å². The number of carbonyl (C=O) groups excluding carboxylic acids is 1. The molecular weight excluding hydrogens is 395 g/mol. The number of rotatable bonds is 6. The topological polar surface area (TPSA) is 67.2 Å². The van der Waals surface area contributed by atoms with Crippen molar-refractivity contribution in [3.63, 3.8) is 0 Å². The van der Waals surface area contributed by atoms with Crippen molar-refractivity contribution >= 4 is 29.1 Å². The van der Waals surface area contributed by atoms with Gasteiger partial charge in [-0.3, -0.25) is 14.2 Å². The van der Waals surface area contributed by atoms with Crippen LogP contribution < -0.4 is 15.8 Å². The number of halogens is 2. The van der Waals surface area contributed by atoms with Crippen LogP contribution in [0.1, 0.15) is 11.3 Å². The van der Waals surface area contributed by atoms with E-state index in [1.54, 1.807) is 6.92 Å². The SMILES string of the molecule is Cc1cc(=O)n(CC(=O)Nc2ccc(F)c(Cl)c2)c(N(C)Cc2ccccc2)n1. The molecule has 0 fully saturated rings. The molecule has 3 aromatic rings. The van der Waals surface area contributed by atoms with Gasteiger partial charge in [-0.15, -0.1) is 0 Å². The lowest BCUT2D eigenvalue weighted by Gasteiger charge is -2.22. The van der Waals surface area contributed by atoms with E-state index in [0.717, 1.165) is 11.6 Å². The van der Waals surface area contributed by atoms with Crippen LogP contribution in [0.25, 0.3) is 0 Å². The highest BCUT2D eigenvalue weighted by Gasteiger charge is 2.15. The molecule has 0 aliphatic heterocycles. The minimum absolute atomic E-state index is 0.0970. The molecule has 0 atom stereocenters. The Morgan fingerprint density at radius 2 is 1.93 bits per heavy atom. The van der Waals surface area contributed by atoms with E-state index >= 15 is 0 Å². The van der Waals surface area contributed by atoms with Gasteiger partial charge in [0.25, 0.3) is 5.56 Å². The standard InChI is InChI=1S/C21H20ClFN4O2/c1-14-10-20(29)27(13-19(28)25-16-8-9-18(23)17(22)11-16)21(24-14)26(2)12-15-6-4-3-5-7-15/h3-11H,12-13H2,1-2H3,(H,25,28). The third-order valence-electron chi connectivity index (χ3n) is 4.23. The zero-order valence-electron chi connectivity index (χ0n) is 16.0. The lowest BCUT2D eigenvalue weighted by atomic mass is 10.2. The van der Waals surface area contributed by atoms with E-state index in [2.05, 4.69) is 10.3 Å². The molecule has 150 valence electrons. The van der Waals surface area contributed by atoms with E-state index in [0.29, 0.717) is 23.9 Å². The first-order chi connectivity index (χ1) is 13.8. The van der Waals surface area contributed by atoms with Gasteiger partial charge in [0.05, 0.1) is 5.02 Å². The Bertz CT molecular complexity index is 1090. The van der Waals surface area contributed by atoms with E-state index in [-0.39, 0.29) is 17.1 Å². The van der Waals surface area contributed by atoms with Gasteiger partial charge in [-0.1, -0.05) is 41.9 Å². The van der Waals surface area contributed by atoms with Crippen molar-refractivity contribution in [2.75, 3.05) is 17.3 Å². The minimum Gasteiger partial charge on any atom is -0.341 e. The molecule has 0 bridgehead atoms. The van der Waals surface area contributed by atoms with Crippen molar-refractivity contribution in [2.45, 2.75) is 20.0 Å². The Balaban J connectivity index is 1.83. The molecule has 1 N–H and O–H groups in total. The first-order valence-corrected chi connectivity index (χ1v) is 9.30. The minimum atomic E-state index is -0.576. The molecule has 6 nitrogen and oxygen atoms in total. The van der Waals surface area contributed by atoms with Gasteiger partial charge in [-0.25, -0.2) is 9.37 Å². The maximum absolute atomic E-state index is 13.3. The normalized spacial score (nSPS) is 10.6. The highest BCUT2D eigenvalue weighted by molar-refractivity contribution is 6.31. The average Bonchev–Trinajstić information content (AvgIpc) is 2.67. The number of benzene rings is 2. The molecule has 0 aliphatic rings. The van der Waals surface area contributed by atoms with Crippen LogP contribution in [0.5, 0.6) is 0 Å². The molecule has 0 saturated heterocycles. The van der Waals surface area contributed by atoms with Crippen LogP contribution in [-0.4, -0.2) is 22.5 Å². The van der Waals surface area contributed by atoms with Gasteiger partial charge < -0.3 is 10.2 Å². The molecule has 1 aromatic heterocycles. The first kappa shape index (κ1) is 20.5. The lowest BCUT2D eigenvalue weighted by Crippen LogP contribution is -2.34. The van der Waals surface area contributed by atoms with Crippen molar-refractivity contribution in [3.8, 4) is 0 Å². The van der Waals surface area contributed by atoms with Gasteiger partial charge in [0, 0.05) is 31.0 Å². The summed E-state index contributed by atoms with van der Waals surface area (Å²) < 4.78 is 14.6. The zero-order valence-corrected chi connectivity index (χ0v) is 16.8. The molecule has 3 rings (SSSR count). The third kappa shape index (κ3) is 5.20. The van der Waals surface area contributed by atoms with Gasteiger partial charge in [-0.05, 0) is 30.7 Å². The average molecular weight is 415 g/mol. The maximum Gasteiger partial charge on any atom is 0.255 e. The van der Waals surface area contributed by atoms with E-state index in [1.807, 2.05) is 42.3 Å². The molecule has 1 amide bonds. The van der Waals surface area contributed by atoms with Crippen molar-refractivity contribution in [1.29, 1.82) is 0 Å². The second kappa shape index (κ2) is 8.87. The molecule has 0 aliphatic carbocycles. The third-order valence-corrected chi connectivity index (χ3v) is 4.51. The molecule has 0 radical (unpaired) electrons. The van der Waals surface area contributed by atoms with Gasteiger partial charge in [-0.2, -0.15) is 0 Å². The summed E-state index contributed by atoms with van der Waals surface area (Å²) in [5.74, 6) is -0.644. The van der Waals surface area contributed by atoms with Crippen LogP contribution in [0.15, 0.2) is 59.4 Å². The number of carbonyl (C=O) groups is 1. The summed E-state index contributed by atoms with van der Waals surface area (Å²) in [4.78, 5) is 31.3. The van der Waals surface area contributed by atoms with Crippen LogP contribution in [-0.2, 0) is 17.9 Å². The smallest absolute Gasteiger partial charge is 0.255 e. The summed E-state index contributed by atoms with van der Waals surface area (Å²) >= 11 is 5.75. The molecule has 0 saturated carbocycles. The summed E-state index contributed by atoms with van der Waals surface area (Å²) in [7, 11) is 1.81. The fourth-order valence-corrected chi connectivity index (χ4v) is 3.07. The van der Waals surface area contributed by atoms with Crippen LogP contribution in [0.2, 0.25) is 5.02 Å². The lowest BCUT2D eigenvalue weighted by molar-refractivity contribution is -0.116. The van der Waals surface area contributed by atoms with Crippen molar-refractivity contribution in [3.05, 3.63) is 87.0 Å². The summed E-state index contributed by atoms with van der Waals surface area (Å²) in [5.41, 5.74) is 1.61. The summed E-state index contributed by atoms with van der Waals surface area (Å²) in [6.07, 6.45) is 0. The zero-order chi connectivity index (χ0) is 21.0. The van der Waals surface area contributed by atoms with Gasteiger partial charge in [0.2, 0.25) is 11.9 Å². The second-order valence-electron chi connectivity index (χ2n) is 6.64. The van der Waals surface area contributed by atoms with E-state index in [9.17, 15) is 14.0 Å². The summed E-state index contributed by atoms with van der Waals surface area (Å²) in [5, 5.41) is 2.52. The molecule has 0 unspecified atom stereocenters. The second-order valence-corrected chi connectivity index (χ2v) is 7.05. The Morgan fingerprint density at radius 1 is 1.21 bits per heavy atom.